The Morgan fingerprint density at radius 1 is 1.03 bits per heavy atom. The number of fused-ring (bicyclic) bond motifs is 1. The number of hydrogen-bond acceptors (Lipinski definition) is 7. The smallest absolute Gasteiger partial charge is 0.337 e. The van der Waals surface area contributed by atoms with Gasteiger partial charge in [-0.2, -0.15) is 0 Å². The van der Waals surface area contributed by atoms with Gasteiger partial charge in [0.1, 0.15) is 0 Å². The number of nitrogens with one attached hydrogen (secondary N) is 1. The molecule has 0 radical (unpaired) electrons. The van der Waals surface area contributed by atoms with Crippen molar-refractivity contribution in [2.45, 2.75) is 11.3 Å². The molecule has 0 atom stereocenters. The highest BCUT2D eigenvalue weighted by Gasteiger charge is 2.19. The second kappa shape index (κ2) is 9.47. The average Bonchev–Trinajstić information content (AvgIpc) is 2.94. The minimum Gasteiger partial charge on any atom is -0.465 e. The molecule has 3 rings (SSSR count). The van der Waals surface area contributed by atoms with Crippen LogP contribution in [0.15, 0.2) is 47.4 Å². The van der Waals surface area contributed by atoms with E-state index in [9.17, 15) is 14.4 Å². The summed E-state index contributed by atoms with van der Waals surface area (Å²) in [6.45, 7) is 0.931. The number of hydrogen-bond donors (Lipinski definition) is 1. The summed E-state index contributed by atoms with van der Waals surface area (Å²) in [5.74, 6) is -0.460. The molecule has 2 aromatic rings. The Bertz CT molecular complexity index is 897. The maximum absolute atomic E-state index is 12.7. The maximum Gasteiger partial charge on any atom is 0.337 e. The summed E-state index contributed by atoms with van der Waals surface area (Å²) in [7, 11) is 2.50. The van der Waals surface area contributed by atoms with Crippen LogP contribution in [-0.2, 0) is 14.3 Å². The highest BCUT2D eigenvalue weighted by atomic mass is 32.2. The Morgan fingerprint density at radius 3 is 2.34 bits per heavy atom. The molecule has 1 heterocycles. The molecule has 0 aliphatic carbocycles. The quantitative estimate of drug-likeness (QED) is 0.752. The number of carbonyl (C=O) groups is 3. The lowest BCUT2D eigenvalue weighted by atomic mass is 10.1. The topological polar surface area (TPSA) is 84.9 Å². The third kappa shape index (κ3) is 5.08. The second-order valence-corrected chi connectivity index (χ2v) is 7.56. The molecule has 8 heteroatoms. The van der Waals surface area contributed by atoms with Gasteiger partial charge in [0, 0.05) is 17.1 Å². The zero-order chi connectivity index (χ0) is 20.8. The number of anilines is 2. The minimum atomic E-state index is -0.607. The molecule has 2 aromatic carbocycles. The molecule has 1 amide bonds. The first-order chi connectivity index (χ1) is 14.0. The number of nitrogens with zero attached hydrogens (tertiary/aromatic N) is 1. The third-order valence-corrected chi connectivity index (χ3v) is 5.58. The van der Waals surface area contributed by atoms with Crippen molar-refractivity contribution in [1.29, 1.82) is 0 Å². The van der Waals surface area contributed by atoms with Gasteiger partial charge < -0.3 is 19.7 Å². The van der Waals surface area contributed by atoms with E-state index < -0.39 is 11.9 Å². The molecule has 0 aromatic heterocycles. The van der Waals surface area contributed by atoms with E-state index in [0.29, 0.717) is 5.69 Å². The van der Waals surface area contributed by atoms with E-state index in [4.69, 9.17) is 9.47 Å². The van der Waals surface area contributed by atoms with Crippen LogP contribution in [0.1, 0.15) is 27.1 Å². The van der Waals surface area contributed by atoms with Crippen LogP contribution >= 0.6 is 11.8 Å². The Labute approximate surface area is 173 Å². The van der Waals surface area contributed by atoms with Crippen LogP contribution in [0.25, 0.3) is 0 Å². The molecule has 0 fully saturated rings. The summed E-state index contributed by atoms with van der Waals surface area (Å²) in [5.41, 5.74) is 1.67. The van der Waals surface area contributed by atoms with Crippen LogP contribution in [0.3, 0.4) is 0 Å². The zero-order valence-corrected chi connectivity index (χ0v) is 17.1. The van der Waals surface area contributed by atoms with Crippen molar-refractivity contribution in [3.05, 3.63) is 53.6 Å². The average molecular weight is 414 g/mol. The highest BCUT2D eigenvalue weighted by Crippen LogP contribution is 2.33. The monoisotopic (exact) mass is 414 g/mol. The second-order valence-electron chi connectivity index (χ2n) is 6.42. The Kier molecular flexibility index (Phi) is 6.77. The van der Waals surface area contributed by atoms with Gasteiger partial charge in [-0.05, 0) is 42.5 Å². The Balaban J connectivity index is 1.80. The van der Waals surface area contributed by atoms with E-state index in [1.165, 1.54) is 32.4 Å². The fraction of sp³-hybridized carbons (Fsp3) is 0.286. The lowest BCUT2D eigenvalue weighted by molar-refractivity contribution is -0.115. The van der Waals surface area contributed by atoms with Gasteiger partial charge in [-0.1, -0.05) is 12.1 Å². The first-order valence-electron chi connectivity index (χ1n) is 9.10. The number of ether oxygens (including phenoxy) is 2. The summed E-state index contributed by atoms with van der Waals surface area (Å²) in [4.78, 5) is 39.7. The highest BCUT2D eigenvalue weighted by molar-refractivity contribution is 7.99. The number of carbonyl (C=O) groups excluding carboxylic acids is 3. The van der Waals surface area contributed by atoms with E-state index in [1.807, 2.05) is 23.1 Å². The molecule has 29 heavy (non-hydrogen) atoms. The van der Waals surface area contributed by atoms with Crippen LogP contribution in [0, 0.1) is 0 Å². The molecule has 0 bridgehead atoms. The van der Waals surface area contributed by atoms with Gasteiger partial charge in [0.25, 0.3) is 0 Å². The number of para-hydroxylation sites is 1. The van der Waals surface area contributed by atoms with Gasteiger partial charge in [-0.3, -0.25) is 4.79 Å². The lowest BCUT2D eigenvalue weighted by Gasteiger charge is -2.24. The van der Waals surface area contributed by atoms with Crippen LogP contribution in [0.4, 0.5) is 11.4 Å². The molecule has 0 unspecified atom stereocenters. The van der Waals surface area contributed by atoms with E-state index in [2.05, 4.69) is 11.4 Å². The Morgan fingerprint density at radius 2 is 1.69 bits per heavy atom. The third-order valence-electron chi connectivity index (χ3n) is 4.43. The number of methoxy groups -OCH3 is 2. The first-order valence-corrected chi connectivity index (χ1v) is 10.1. The summed E-state index contributed by atoms with van der Waals surface area (Å²) in [5, 5.41) is 2.78. The fourth-order valence-corrected chi connectivity index (χ4v) is 4.12. The van der Waals surface area contributed by atoms with Gasteiger partial charge >= 0.3 is 11.9 Å². The van der Waals surface area contributed by atoms with Crippen LogP contribution in [0.2, 0.25) is 0 Å². The number of amides is 1. The van der Waals surface area contributed by atoms with Gasteiger partial charge in [-0.25, -0.2) is 9.59 Å². The van der Waals surface area contributed by atoms with Crippen molar-refractivity contribution in [2.75, 3.05) is 43.3 Å². The molecule has 1 N–H and O–H groups in total. The molecule has 152 valence electrons. The fourth-order valence-electron chi connectivity index (χ4n) is 3.11. The molecule has 0 saturated heterocycles. The summed E-state index contributed by atoms with van der Waals surface area (Å²) < 4.78 is 9.45. The standard InChI is InChI=1S/C21H22N2O5S/c1-27-20(25)14-10-15(21(26)28-2)12-16(11-14)22-19(24)13-23-8-5-9-29-18-7-4-3-6-17(18)23/h3-4,6-7,10-12H,5,8-9,13H2,1-2H3,(H,22,24). The number of rotatable bonds is 5. The van der Waals surface area contributed by atoms with Gasteiger partial charge in [0.2, 0.25) is 5.91 Å². The largest absolute Gasteiger partial charge is 0.465 e. The van der Waals surface area contributed by atoms with Crippen molar-refractivity contribution >= 4 is 41.0 Å². The molecular weight excluding hydrogens is 392 g/mol. The van der Waals surface area contributed by atoms with Crippen LogP contribution < -0.4 is 10.2 Å². The van der Waals surface area contributed by atoms with E-state index in [0.717, 1.165) is 29.3 Å². The molecule has 0 saturated carbocycles. The summed E-state index contributed by atoms with van der Waals surface area (Å²) in [6, 6.07) is 12.3. The summed E-state index contributed by atoms with van der Waals surface area (Å²) in [6.07, 6.45) is 0.969. The molecule has 1 aliphatic rings. The van der Waals surface area contributed by atoms with Gasteiger partial charge in [-0.15, -0.1) is 11.8 Å². The first kappa shape index (κ1) is 20.7. The lowest BCUT2D eigenvalue weighted by Crippen LogP contribution is -2.34. The van der Waals surface area contributed by atoms with Gasteiger partial charge in [0.15, 0.2) is 0 Å². The zero-order valence-electron chi connectivity index (χ0n) is 16.3. The number of benzene rings is 2. The summed E-state index contributed by atoms with van der Waals surface area (Å²) >= 11 is 1.78. The van der Waals surface area contributed by atoms with Crippen molar-refractivity contribution in [3.8, 4) is 0 Å². The minimum absolute atomic E-state index is 0.155. The van der Waals surface area contributed by atoms with E-state index >= 15 is 0 Å². The predicted octanol–water partition coefficient (Wildman–Crippen LogP) is 3.20. The predicted molar refractivity (Wildman–Crippen MR) is 112 cm³/mol. The van der Waals surface area contributed by atoms with E-state index in [1.54, 1.807) is 11.8 Å². The molecule has 1 aliphatic heterocycles. The van der Waals surface area contributed by atoms with Crippen molar-refractivity contribution in [2.24, 2.45) is 0 Å². The molecular formula is C21H22N2O5S. The van der Waals surface area contributed by atoms with Crippen LogP contribution in [-0.4, -0.2) is 50.9 Å². The maximum atomic E-state index is 12.7. The van der Waals surface area contributed by atoms with Crippen molar-refractivity contribution in [3.63, 3.8) is 0 Å². The molecule has 0 spiro atoms. The van der Waals surface area contributed by atoms with Gasteiger partial charge in [0.05, 0.1) is 37.6 Å². The molecule has 7 nitrogen and oxygen atoms in total. The van der Waals surface area contributed by atoms with Crippen molar-refractivity contribution < 1.29 is 23.9 Å². The van der Waals surface area contributed by atoms with Crippen LogP contribution in [0.5, 0.6) is 0 Å². The normalized spacial score (nSPS) is 13.1. The number of thioether (sulfide) groups is 1. The SMILES string of the molecule is COC(=O)c1cc(NC(=O)CN2CCCSc3ccccc32)cc(C(=O)OC)c1. The Hall–Kier alpha value is -3.00. The number of esters is 2. The van der Waals surface area contributed by atoms with Crippen molar-refractivity contribution in [1.82, 2.24) is 0 Å². The van der Waals surface area contributed by atoms with E-state index in [-0.39, 0.29) is 23.6 Å².